The molecular formula is C25H23ClN6O4. The van der Waals surface area contributed by atoms with Gasteiger partial charge in [0.15, 0.2) is 0 Å². The van der Waals surface area contributed by atoms with Crippen LogP contribution in [0.15, 0.2) is 65.6 Å². The van der Waals surface area contributed by atoms with Gasteiger partial charge < -0.3 is 15.0 Å². The molecule has 2 aromatic heterocycles. The van der Waals surface area contributed by atoms with Gasteiger partial charge in [-0.1, -0.05) is 41.9 Å². The number of benzene rings is 2. The highest BCUT2D eigenvalue weighted by atomic mass is 35.5. The first-order valence-electron chi connectivity index (χ1n) is 11.0. The highest BCUT2D eigenvalue weighted by molar-refractivity contribution is 6.34. The number of hydrogen-bond acceptors (Lipinski definition) is 7. The summed E-state index contributed by atoms with van der Waals surface area (Å²) < 4.78 is 4.94. The molecule has 0 aliphatic carbocycles. The molecule has 0 aliphatic rings. The maximum atomic E-state index is 12.9. The van der Waals surface area contributed by atoms with Gasteiger partial charge in [-0.05, 0) is 42.7 Å². The number of halogens is 1. The number of nitrogens with zero attached hydrogens (tertiary/aromatic N) is 3. The molecule has 0 fully saturated rings. The van der Waals surface area contributed by atoms with Crippen LogP contribution in [-0.2, 0) is 6.42 Å². The SMILES string of the molecule is COc1ncc2cc(C(=O)Nc3cc(C(=O)N(N)CCCc4ccccc4)ccc3Cl)c(=O)[nH]c2n1. The van der Waals surface area contributed by atoms with E-state index < -0.39 is 17.4 Å². The van der Waals surface area contributed by atoms with Crippen molar-refractivity contribution in [3.63, 3.8) is 0 Å². The van der Waals surface area contributed by atoms with Crippen LogP contribution in [0.4, 0.5) is 5.69 Å². The number of methoxy groups -OCH3 is 1. The van der Waals surface area contributed by atoms with Crippen LogP contribution in [0.5, 0.6) is 6.01 Å². The second-order valence-corrected chi connectivity index (χ2v) is 8.32. The molecule has 0 unspecified atom stereocenters. The highest BCUT2D eigenvalue weighted by Gasteiger charge is 2.18. The van der Waals surface area contributed by atoms with E-state index in [4.69, 9.17) is 22.2 Å². The summed E-state index contributed by atoms with van der Waals surface area (Å²) in [6.07, 6.45) is 2.89. The molecule has 0 saturated heterocycles. The molecule has 11 heteroatoms. The van der Waals surface area contributed by atoms with E-state index in [0.717, 1.165) is 17.0 Å². The predicted molar refractivity (Wildman–Crippen MR) is 136 cm³/mol. The monoisotopic (exact) mass is 506 g/mol. The number of hydrogen-bond donors (Lipinski definition) is 3. The van der Waals surface area contributed by atoms with E-state index in [1.807, 2.05) is 30.3 Å². The molecule has 4 N–H and O–H groups in total. The molecule has 0 atom stereocenters. The van der Waals surface area contributed by atoms with Crippen molar-refractivity contribution in [2.24, 2.45) is 5.84 Å². The van der Waals surface area contributed by atoms with Crippen molar-refractivity contribution >= 4 is 40.1 Å². The van der Waals surface area contributed by atoms with Gasteiger partial charge >= 0.3 is 6.01 Å². The van der Waals surface area contributed by atoms with Crippen molar-refractivity contribution in [2.75, 3.05) is 19.0 Å². The smallest absolute Gasteiger partial charge is 0.318 e. The Bertz CT molecular complexity index is 1470. The number of aromatic nitrogens is 3. The molecule has 0 saturated carbocycles. The van der Waals surface area contributed by atoms with E-state index in [9.17, 15) is 14.4 Å². The van der Waals surface area contributed by atoms with Crippen molar-refractivity contribution in [3.05, 3.63) is 92.9 Å². The van der Waals surface area contributed by atoms with Crippen molar-refractivity contribution in [3.8, 4) is 6.01 Å². The average Bonchev–Trinajstić information content (AvgIpc) is 2.89. The number of carbonyl (C=O) groups is 2. The van der Waals surface area contributed by atoms with Crippen LogP contribution in [0.2, 0.25) is 5.02 Å². The number of aromatic amines is 1. The third-order valence-corrected chi connectivity index (χ3v) is 5.76. The molecule has 4 aromatic rings. The van der Waals surface area contributed by atoms with Crippen molar-refractivity contribution < 1.29 is 14.3 Å². The van der Waals surface area contributed by atoms with Gasteiger partial charge in [0.1, 0.15) is 11.2 Å². The quantitative estimate of drug-likeness (QED) is 0.189. The number of carbonyl (C=O) groups excluding carboxylic acids is 2. The van der Waals surface area contributed by atoms with Crippen LogP contribution in [0.25, 0.3) is 11.0 Å². The lowest BCUT2D eigenvalue weighted by Crippen LogP contribution is -2.38. The summed E-state index contributed by atoms with van der Waals surface area (Å²) in [6, 6.07) is 15.8. The fourth-order valence-corrected chi connectivity index (χ4v) is 3.72. The zero-order valence-electron chi connectivity index (χ0n) is 19.3. The largest absolute Gasteiger partial charge is 0.467 e. The Labute approximate surface area is 211 Å². The number of amides is 2. The lowest BCUT2D eigenvalue weighted by molar-refractivity contribution is 0.0753. The van der Waals surface area contributed by atoms with Crippen LogP contribution >= 0.6 is 11.6 Å². The fraction of sp³-hybridized carbons (Fsp3) is 0.160. The molecule has 2 aromatic carbocycles. The van der Waals surface area contributed by atoms with Crippen molar-refractivity contribution in [2.45, 2.75) is 12.8 Å². The molecule has 2 amide bonds. The normalized spacial score (nSPS) is 10.8. The molecule has 0 spiro atoms. The first-order chi connectivity index (χ1) is 17.4. The van der Waals surface area contributed by atoms with E-state index in [-0.39, 0.29) is 33.5 Å². The van der Waals surface area contributed by atoms with E-state index >= 15 is 0 Å². The highest BCUT2D eigenvalue weighted by Crippen LogP contribution is 2.24. The molecule has 36 heavy (non-hydrogen) atoms. The minimum Gasteiger partial charge on any atom is -0.467 e. The Morgan fingerprint density at radius 3 is 2.69 bits per heavy atom. The standard InChI is InChI=1S/C25H23ClN6O4/c1-36-25-28-14-17-12-18(23(34)30-21(17)31-25)22(33)29-20-13-16(9-10-19(20)26)24(35)32(27)11-5-8-15-6-3-2-4-7-15/h2-4,6-7,9-10,12-14H,5,8,11,27H2,1H3,(H,29,33)(H,28,30,31,34). The van der Waals surface area contributed by atoms with Crippen LogP contribution in [-0.4, -0.2) is 45.4 Å². The van der Waals surface area contributed by atoms with Gasteiger partial charge in [-0.25, -0.2) is 10.8 Å². The fourth-order valence-electron chi connectivity index (χ4n) is 3.55. The molecule has 4 rings (SSSR count). The number of aryl methyl sites for hydroxylation is 1. The van der Waals surface area contributed by atoms with Gasteiger partial charge in [0, 0.05) is 23.7 Å². The topological polar surface area (TPSA) is 143 Å². The maximum Gasteiger partial charge on any atom is 0.318 e. The van der Waals surface area contributed by atoms with Gasteiger partial charge in [0.05, 0.1) is 17.8 Å². The second kappa shape index (κ2) is 11.0. The number of anilines is 1. The Morgan fingerprint density at radius 1 is 1.17 bits per heavy atom. The van der Waals surface area contributed by atoms with Crippen LogP contribution in [0.3, 0.4) is 0 Å². The molecule has 10 nitrogen and oxygen atoms in total. The third kappa shape index (κ3) is 5.68. The van der Waals surface area contributed by atoms with E-state index in [1.165, 1.54) is 37.6 Å². The first kappa shape index (κ1) is 24.8. The maximum absolute atomic E-state index is 12.9. The minimum atomic E-state index is -0.715. The summed E-state index contributed by atoms with van der Waals surface area (Å²) in [6.45, 7) is 0.345. The van der Waals surface area contributed by atoms with Crippen molar-refractivity contribution in [1.82, 2.24) is 20.0 Å². The number of hydrazine groups is 1. The van der Waals surface area contributed by atoms with Gasteiger partial charge in [-0.2, -0.15) is 4.98 Å². The minimum absolute atomic E-state index is 0.0811. The number of H-pyrrole nitrogens is 1. The summed E-state index contributed by atoms with van der Waals surface area (Å²) in [5.74, 6) is 4.84. The summed E-state index contributed by atoms with van der Waals surface area (Å²) in [5, 5.41) is 4.34. The molecule has 0 radical (unpaired) electrons. The number of rotatable bonds is 8. The lowest BCUT2D eigenvalue weighted by Gasteiger charge is -2.17. The molecule has 0 aliphatic heterocycles. The molecule has 2 heterocycles. The summed E-state index contributed by atoms with van der Waals surface area (Å²) in [4.78, 5) is 48.7. The average molecular weight is 507 g/mol. The van der Waals surface area contributed by atoms with Crippen molar-refractivity contribution in [1.29, 1.82) is 0 Å². The van der Waals surface area contributed by atoms with Gasteiger partial charge in [0.2, 0.25) is 0 Å². The van der Waals surface area contributed by atoms with E-state index in [1.54, 1.807) is 0 Å². The zero-order chi connectivity index (χ0) is 25.7. The van der Waals surface area contributed by atoms with E-state index in [2.05, 4.69) is 20.3 Å². The second-order valence-electron chi connectivity index (χ2n) is 7.91. The number of nitrogens with one attached hydrogen (secondary N) is 2. The number of nitrogens with two attached hydrogens (primary N) is 1. The van der Waals surface area contributed by atoms with Crippen LogP contribution in [0, 0.1) is 0 Å². The molecule has 0 bridgehead atoms. The summed E-state index contributed by atoms with van der Waals surface area (Å²) in [7, 11) is 1.40. The number of fused-ring (bicyclic) bond motifs is 1. The molecule has 184 valence electrons. The third-order valence-electron chi connectivity index (χ3n) is 5.43. The Kier molecular flexibility index (Phi) is 7.57. The summed E-state index contributed by atoms with van der Waals surface area (Å²) >= 11 is 6.24. The van der Waals surface area contributed by atoms with Crippen LogP contribution in [0.1, 0.15) is 32.7 Å². The predicted octanol–water partition coefficient (Wildman–Crippen LogP) is 3.18. The first-order valence-corrected chi connectivity index (χ1v) is 11.4. The van der Waals surface area contributed by atoms with Crippen LogP contribution < -0.4 is 21.5 Å². The number of ether oxygens (including phenoxy) is 1. The summed E-state index contributed by atoms with van der Waals surface area (Å²) in [5.41, 5.74) is 0.954. The van der Waals surface area contributed by atoms with Gasteiger partial charge in [-0.3, -0.25) is 19.4 Å². The number of pyridine rings is 1. The Morgan fingerprint density at radius 2 is 1.94 bits per heavy atom. The lowest BCUT2D eigenvalue weighted by atomic mass is 10.1. The van der Waals surface area contributed by atoms with Gasteiger partial charge in [0.25, 0.3) is 17.4 Å². The van der Waals surface area contributed by atoms with E-state index in [0.29, 0.717) is 18.4 Å². The van der Waals surface area contributed by atoms with Gasteiger partial charge in [-0.15, -0.1) is 0 Å². The zero-order valence-corrected chi connectivity index (χ0v) is 20.1. The molecular weight excluding hydrogens is 484 g/mol. The Hall–Kier alpha value is -4.28. The Balaban J connectivity index is 1.47.